The lowest BCUT2D eigenvalue weighted by atomic mass is 9.88. The number of ether oxygens (including phenoxy) is 2. The Hall–Kier alpha value is -3.02. The number of hydrogen-bond donors (Lipinski definition) is 0. The predicted molar refractivity (Wildman–Crippen MR) is 107 cm³/mol. The molecule has 0 saturated carbocycles. The molecule has 0 N–H and O–H groups in total. The molecule has 0 amide bonds. The third kappa shape index (κ3) is 2.94. The number of fused-ring (bicyclic) bond motifs is 1. The van der Waals surface area contributed by atoms with E-state index in [-0.39, 0.29) is 5.88 Å². The third-order valence-electron chi connectivity index (χ3n) is 5.11. The van der Waals surface area contributed by atoms with Crippen LogP contribution in [0.15, 0.2) is 82.2 Å². The van der Waals surface area contributed by atoms with Gasteiger partial charge in [-0.25, -0.2) is 0 Å². The van der Waals surface area contributed by atoms with Gasteiger partial charge in [-0.2, -0.15) is 0 Å². The number of nitrogens with zero attached hydrogens (tertiary/aromatic N) is 1. The molecule has 0 fully saturated rings. The van der Waals surface area contributed by atoms with Gasteiger partial charge in [0.2, 0.25) is 5.60 Å². The summed E-state index contributed by atoms with van der Waals surface area (Å²) in [6.07, 6.45) is 5.02. The first-order valence-electron chi connectivity index (χ1n) is 9.29. The van der Waals surface area contributed by atoms with Gasteiger partial charge in [-0.1, -0.05) is 30.3 Å². The van der Waals surface area contributed by atoms with Crippen LogP contribution >= 0.6 is 11.6 Å². The highest BCUT2D eigenvalue weighted by atomic mass is 35.5. The molecule has 0 radical (unpaired) electrons. The quantitative estimate of drug-likeness (QED) is 0.400. The molecule has 1 aliphatic rings. The van der Waals surface area contributed by atoms with Gasteiger partial charge in [0.25, 0.3) is 0 Å². The standard InChI is InChI=1S/C23H18ClNO4/c24-12-19-22(28-14-16-6-2-1-3-7-16)17-15-29-23(18(17)13-25-19,20-8-4-10-26-20)21-9-5-11-27-21/h1-11,13H,12,14-15H2. The highest BCUT2D eigenvalue weighted by Gasteiger charge is 2.50. The van der Waals surface area contributed by atoms with Crippen molar-refractivity contribution in [1.82, 2.24) is 4.98 Å². The zero-order valence-corrected chi connectivity index (χ0v) is 16.3. The molecule has 5 nitrogen and oxygen atoms in total. The van der Waals surface area contributed by atoms with E-state index >= 15 is 0 Å². The summed E-state index contributed by atoms with van der Waals surface area (Å²) in [5.74, 6) is 2.15. The van der Waals surface area contributed by atoms with Crippen molar-refractivity contribution in [3.8, 4) is 5.75 Å². The Morgan fingerprint density at radius 2 is 1.69 bits per heavy atom. The Morgan fingerprint density at radius 3 is 2.31 bits per heavy atom. The van der Waals surface area contributed by atoms with Crippen molar-refractivity contribution in [2.45, 2.75) is 24.7 Å². The van der Waals surface area contributed by atoms with Crippen LogP contribution in [0.2, 0.25) is 0 Å². The van der Waals surface area contributed by atoms with Crippen molar-refractivity contribution < 1.29 is 18.3 Å². The molecule has 0 bridgehead atoms. The molecule has 6 heteroatoms. The summed E-state index contributed by atoms with van der Waals surface area (Å²) in [6, 6.07) is 17.4. The first kappa shape index (κ1) is 18.0. The summed E-state index contributed by atoms with van der Waals surface area (Å²) in [4.78, 5) is 4.58. The van der Waals surface area contributed by atoms with Gasteiger partial charge in [0.1, 0.15) is 23.9 Å². The van der Waals surface area contributed by atoms with E-state index in [0.717, 1.165) is 16.7 Å². The largest absolute Gasteiger partial charge is 0.487 e. The summed E-state index contributed by atoms with van der Waals surface area (Å²) in [5, 5.41) is 0. The number of hydrogen-bond acceptors (Lipinski definition) is 5. The fourth-order valence-corrected chi connectivity index (χ4v) is 3.95. The van der Waals surface area contributed by atoms with Crippen LogP contribution in [0, 0.1) is 0 Å². The topological polar surface area (TPSA) is 57.6 Å². The Morgan fingerprint density at radius 1 is 0.966 bits per heavy atom. The Bertz CT molecular complexity index is 1060. The van der Waals surface area contributed by atoms with Crippen molar-refractivity contribution in [1.29, 1.82) is 0 Å². The van der Waals surface area contributed by atoms with Crippen LogP contribution in [0.5, 0.6) is 5.75 Å². The molecule has 1 aromatic carbocycles. The van der Waals surface area contributed by atoms with Gasteiger partial charge >= 0.3 is 0 Å². The molecular weight excluding hydrogens is 390 g/mol. The van der Waals surface area contributed by atoms with Crippen molar-refractivity contribution >= 4 is 11.6 Å². The zero-order chi connectivity index (χ0) is 19.7. The lowest BCUT2D eigenvalue weighted by molar-refractivity contribution is -0.00437. The first-order chi connectivity index (χ1) is 14.3. The predicted octanol–water partition coefficient (Wildman–Crippen LogP) is 5.41. The molecule has 4 aromatic rings. The van der Waals surface area contributed by atoms with E-state index in [1.54, 1.807) is 18.7 Å². The van der Waals surface area contributed by atoms with Crippen molar-refractivity contribution in [3.05, 3.63) is 107 Å². The molecule has 4 heterocycles. The lowest BCUT2D eigenvalue weighted by Crippen LogP contribution is -2.27. The second-order valence-corrected chi connectivity index (χ2v) is 7.03. The fraction of sp³-hybridized carbons (Fsp3) is 0.174. The van der Waals surface area contributed by atoms with Crippen molar-refractivity contribution in [2.24, 2.45) is 0 Å². The average Bonchev–Trinajstić information content (AvgIpc) is 3.53. The summed E-state index contributed by atoms with van der Waals surface area (Å²) in [5.41, 5.74) is 2.47. The molecule has 1 aliphatic heterocycles. The highest BCUT2D eigenvalue weighted by Crippen LogP contribution is 2.50. The zero-order valence-electron chi connectivity index (χ0n) is 15.5. The third-order valence-corrected chi connectivity index (χ3v) is 5.37. The molecule has 0 spiro atoms. The smallest absolute Gasteiger partial charge is 0.210 e. The first-order valence-corrected chi connectivity index (χ1v) is 9.82. The Balaban J connectivity index is 1.62. The minimum absolute atomic E-state index is 0.242. The van der Waals surface area contributed by atoms with Gasteiger partial charge < -0.3 is 18.3 Å². The number of furan rings is 2. The average molecular weight is 408 g/mol. The molecule has 0 atom stereocenters. The summed E-state index contributed by atoms with van der Waals surface area (Å²) in [7, 11) is 0. The maximum Gasteiger partial charge on any atom is 0.210 e. The molecular formula is C23H18ClNO4. The summed E-state index contributed by atoms with van der Waals surface area (Å²) < 4.78 is 24.0. The monoisotopic (exact) mass is 407 g/mol. The number of benzene rings is 1. The Kier molecular flexibility index (Phi) is 4.62. The van der Waals surface area contributed by atoms with Crippen molar-refractivity contribution in [3.63, 3.8) is 0 Å². The summed E-state index contributed by atoms with van der Waals surface area (Å²) >= 11 is 6.17. The highest BCUT2D eigenvalue weighted by molar-refractivity contribution is 6.17. The van der Waals surface area contributed by atoms with Gasteiger partial charge in [-0.05, 0) is 29.8 Å². The molecule has 3 aromatic heterocycles. The molecule has 0 saturated heterocycles. The fourth-order valence-electron chi connectivity index (χ4n) is 3.76. The second kappa shape index (κ2) is 7.43. The van der Waals surface area contributed by atoms with Gasteiger partial charge in [0, 0.05) is 17.3 Å². The molecule has 5 rings (SSSR count). The van der Waals surface area contributed by atoms with E-state index in [1.807, 2.05) is 54.6 Å². The van der Waals surface area contributed by atoms with Crippen LogP contribution < -0.4 is 4.74 Å². The van der Waals surface area contributed by atoms with Crippen LogP contribution in [0.4, 0.5) is 0 Å². The van der Waals surface area contributed by atoms with Crippen LogP contribution in [-0.4, -0.2) is 4.98 Å². The van der Waals surface area contributed by atoms with Crippen LogP contribution in [0.1, 0.15) is 33.9 Å². The second-order valence-electron chi connectivity index (χ2n) is 6.76. The minimum Gasteiger partial charge on any atom is -0.487 e. The maximum absolute atomic E-state index is 6.34. The SMILES string of the molecule is ClCc1ncc2c(c1OCc1ccccc1)COC2(c1ccco1)c1ccco1. The van der Waals surface area contributed by atoms with E-state index in [2.05, 4.69) is 4.98 Å². The molecule has 146 valence electrons. The van der Waals surface area contributed by atoms with Crippen molar-refractivity contribution in [2.75, 3.05) is 0 Å². The Labute approximate surface area is 172 Å². The van der Waals surface area contributed by atoms with Gasteiger partial charge in [0.05, 0.1) is 30.7 Å². The van der Waals surface area contributed by atoms with E-state index in [4.69, 9.17) is 29.9 Å². The number of halogens is 1. The molecule has 0 unspecified atom stereocenters. The van der Waals surface area contributed by atoms with Crippen LogP contribution in [0.25, 0.3) is 0 Å². The maximum atomic E-state index is 6.34. The molecule has 29 heavy (non-hydrogen) atoms. The van der Waals surface area contributed by atoms with E-state index in [0.29, 0.717) is 36.2 Å². The number of alkyl halides is 1. The van der Waals surface area contributed by atoms with E-state index < -0.39 is 5.60 Å². The number of aromatic nitrogens is 1. The van der Waals surface area contributed by atoms with Crippen LogP contribution in [-0.2, 0) is 29.4 Å². The van der Waals surface area contributed by atoms with E-state index in [1.165, 1.54) is 0 Å². The van der Waals surface area contributed by atoms with Gasteiger partial charge in [-0.3, -0.25) is 4.98 Å². The lowest BCUT2D eigenvalue weighted by Gasteiger charge is -2.25. The van der Waals surface area contributed by atoms with Gasteiger partial charge in [0.15, 0.2) is 0 Å². The molecule has 0 aliphatic carbocycles. The van der Waals surface area contributed by atoms with Gasteiger partial charge in [-0.15, -0.1) is 11.6 Å². The van der Waals surface area contributed by atoms with Crippen LogP contribution in [0.3, 0.4) is 0 Å². The summed E-state index contributed by atoms with van der Waals surface area (Å²) in [6.45, 7) is 0.741. The normalized spacial score (nSPS) is 14.7. The number of rotatable bonds is 6. The number of pyridine rings is 1. The van der Waals surface area contributed by atoms with E-state index in [9.17, 15) is 0 Å². The minimum atomic E-state index is -1.01.